The molecule has 5 heteroatoms. The highest BCUT2D eigenvalue weighted by atomic mass is 16.5. The smallest absolute Gasteiger partial charge is 0.156 e. The minimum absolute atomic E-state index is 0.432. The molecule has 1 aromatic rings. The molecule has 0 aromatic carbocycles. The van der Waals surface area contributed by atoms with Crippen LogP contribution in [0.3, 0.4) is 0 Å². The van der Waals surface area contributed by atoms with Gasteiger partial charge in [0, 0.05) is 18.4 Å². The second-order valence-corrected chi connectivity index (χ2v) is 3.70. The molecule has 0 saturated heterocycles. The molecule has 1 aliphatic carbocycles. The molecule has 0 saturated carbocycles. The van der Waals surface area contributed by atoms with Crippen molar-refractivity contribution >= 4 is 5.82 Å². The maximum absolute atomic E-state index is 5.46. The molecule has 0 bridgehead atoms. The van der Waals surface area contributed by atoms with Gasteiger partial charge in [-0.25, -0.2) is 15.8 Å². The van der Waals surface area contributed by atoms with Gasteiger partial charge in [-0.05, 0) is 25.7 Å². The molecule has 0 unspecified atom stereocenters. The zero-order chi connectivity index (χ0) is 10.7. The van der Waals surface area contributed by atoms with Gasteiger partial charge in [0.05, 0.1) is 0 Å². The summed E-state index contributed by atoms with van der Waals surface area (Å²) in [5.41, 5.74) is 4.94. The van der Waals surface area contributed by atoms with Gasteiger partial charge in [0.1, 0.15) is 12.4 Å². The van der Waals surface area contributed by atoms with Gasteiger partial charge in [0.15, 0.2) is 5.82 Å². The second kappa shape index (κ2) is 4.55. The molecule has 2 rings (SSSR count). The van der Waals surface area contributed by atoms with Gasteiger partial charge in [-0.15, -0.1) is 0 Å². The largest absolute Gasteiger partial charge is 0.377 e. The van der Waals surface area contributed by atoms with E-state index in [2.05, 4.69) is 15.4 Å². The molecule has 0 radical (unpaired) electrons. The minimum Gasteiger partial charge on any atom is -0.377 e. The summed E-state index contributed by atoms with van der Waals surface area (Å²) in [6.07, 6.45) is 4.42. The van der Waals surface area contributed by atoms with Crippen LogP contribution in [-0.2, 0) is 24.2 Å². The maximum atomic E-state index is 5.46. The fourth-order valence-corrected chi connectivity index (χ4v) is 1.96. The molecule has 0 aliphatic heterocycles. The number of rotatable bonds is 3. The van der Waals surface area contributed by atoms with E-state index in [0.29, 0.717) is 12.4 Å². The Kier molecular flexibility index (Phi) is 3.13. The lowest BCUT2D eigenvalue weighted by Crippen LogP contribution is -2.18. The van der Waals surface area contributed by atoms with Crippen molar-refractivity contribution in [1.82, 2.24) is 9.97 Å². The van der Waals surface area contributed by atoms with Crippen LogP contribution in [0.25, 0.3) is 0 Å². The van der Waals surface area contributed by atoms with E-state index >= 15 is 0 Å². The first-order valence-corrected chi connectivity index (χ1v) is 5.19. The Labute approximate surface area is 89.0 Å². The summed E-state index contributed by atoms with van der Waals surface area (Å²) in [6.45, 7) is 0.432. The molecule has 1 heterocycles. The van der Waals surface area contributed by atoms with Crippen LogP contribution in [0.2, 0.25) is 0 Å². The number of methoxy groups -OCH3 is 1. The van der Waals surface area contributed by atoms with E-state index in [4.69, 9.17) is 10.6 Å². The van der Waals surface area contributed by atoms with Gasteiger partial charge in [-0.1, -0.05) is 0 Å². The van der Waals surface area contributed by atoms with E-state index in [9.17, 15) is 0 Å². The Balaban J connectivity index is 2.38. The summed E-state index contributed by atoms with van der Waals surface area (Å²) in [5.74, 6) is 6.91. The highest BCUT2D eigenvalue weighted by Crippen LogP contribution is 2.24. The van der Waals surface area contributed by atoms with E-state index in [1.165, 1.54) is 18.4 Å². The van der Waals surface area contributed by atoms with E-state index in [1.807, 2.05) is 0 Å². The van der Waals surface area contributed by atoms with Gasteiger partial charge in [-0.2, -0.15) is 0 Å². The van der Waals surface area contributed by atoms with Crippen molar-refractivity contribution in [3.63, 3.8) is 0 Å². The zero-order valence-corrected chi connectivity index (χ0v) is 8.92. The monoisotopic (exact) mass is 208 g/mol. The lowest BCUT2D eigenvalue weighted by Gasteiger charge is -2.18. The summed E-state index contributed by atoms with van der Waals surface area (Å²) in [6, 6.07) is 0. The lowest BCUT2D eigenvalue weighted by atomic mass is 9.96. The van der Waals surface area contributed by atoms with Crippen LogP contribution in [0.1, 0.15) is 29.9 Å². The Hall–Kier alpha value is -1.20. The minimum atomic E-state index is 0.432. The van der Waals surface area contributed by atoms with E-state index < -0.39 is 0 Å². The van der Waals surface area contributed by atoms with Crippen LogP contribution in [-0.4, -0.2) is 17.1 Å². The molecule has 82 valence electrons. The van der Waals surface area contributed by atoms with Crippen LogP contribution < -0.4 is 11.3 Å². The van der Waals surface area contributed by atoms with Crippen molar-refractivity contribution in [2.45, 2.75) is 32.3 Å². The fourth-order valence-electron chi connectivity index (χ4n) is 1.96. The third-order valence-electron chi connectivity index (χ3n) is 2.64. The number of fused-ring (bicyclic) bond motifs is 1. The van der Waals surface area contributed by atoms with Crippen molar-refractivity contribution in [1.29, 1.82) is 0 Å². The predicted octanol–water partition coefficient (Wildman–Crippen LogP) is 0.787. The van der Waals surface area contributed by atoms with Gasteiger partial charge in [0.25, 0.3) is 0 Å². The summed E-state index contributed by atoms with van der Waals surface area (Å²) in [7, 11) is 1.64. The summed E-state index contributed by atoms with van der Waals surface area (Å²) < 4.78 is 5.02. The highest BCUT2D eigenvalue weighted by molar-refractivity contribution is 5.46. The second-order valence-electron chi connectivity index (χ2n) is 3.70. The molecule has 0 amide bonds. The molecule has 3 N–H and O–H groups in total. The molecule has 1 aliphatic rings. The predicted molar refractivity (Wildman–Crippen MR) is 57.2 cm³/mol. The number of nitrogens with two attached hydrogens (primary N) is 1. The van der Waals surface area contributed by atoms with Crippen LogP contribution in [0.15, 0.2) is 0 Å². The first-order chi connectivity index (χ1) is 7.35. The third kappa shape index (κ3) is 2.08. The average molecular weight is 208 g/mol. The number of ether oxygens (including phenoxy) is 1. The summed E-state index contributed by atoms with van der Waals surface area (Å²) in [5, 5.41) is 0. The van der Waals surface area contributed by atoms with E-state index in [1.54, 1.807) is 7.11 Å². The van der Waals surface area contributed by atoms with Crippen molar-refractivity contribution in [3.8, 4) is 0 Å². The molecule has 0 fully saturated rings. The molecular weight excluding hydrogens is 192 g/mol. The first kappa shape index (κ1) is 10.3. The molecule has 5 nitrogen and oxygen atoms in total. The summed E-state index contributed by atoms with van der Waals surface area (Å²) >= 11 is 0. The first-order valence-electron chi connectivity index (χ1n) is 5.19. The fraction of sp³-hybridized carbons (Fsp3) is 0.600. The molecular formula is C10H16N4O. The molecule has 15 heavy (non-hydrogen) atoms. The van der Waals surface area contributed by atoms with Crippen molar-refractivity contribution in [2.75, 3.05) is 12.5 Å². The number of anilines is 1. The Morgan fingerprint density at radius 3 is 2.87 bits per heavy atom. The molecule has 0 atom stereocenters. The Bertz CT molecular complexity index is 336. The van der Waals surface area contributed by atoms with Crippen molar-refractivity contribution < 1.29 is 4.74 Å². The van der Waals surface area contributed by atoms with Gasteiger partial charge in [-0.3, -0.25) is 0 Å². The lowest BCUT2D eigenvalue weighted by molar-refractivity contribution is 0.177. The van der Waals surface area contributed by atoms with Crippen LogP contribution in [0.4, 0.5) is 5.82 Å². The quantitative estimate of drug-likeness (QED) is 0.567. The number of hydrazine groups is 1. The topological polar surface area (TPSA) is 73.1 Å². The van der Waals surface area contributed by atoms with Gasteiger partial charge in [0.2, 0.25) is 0 Å². The van der Waals surface area contributed by atoms with Crippen molar-refractivity contribution in [3.05, 3.63) is 17.1 Å². The molecule has 0 spiro atoms. The van der Waals surface area contributed by atoms with E-state index in [-0.39, 0.29) is 0 Å². The maximum Gasteiger partial charge on any atom is 0.156 e. The van der Waals surface area contributed by atoms with Crippen LogP contribution >= 0.6 is 0 Å². The van der Waals surface area contributed by atoms with Crippen molar-refractivity contribution in [2.24, 2.45) is 5.84 Å². The highest BCUT2D eigenvalue weighted by Gasteiger charge is 2.16. The Morgan fingerprint density at radius 1 is 1.33 bits per heavy atom. The SMILES string of the molecule is COCc1nc2c(c(NN)n1)CCCC2. The Morgan fingerprint density at radius 2 is 2.13 bits per heavy atom. The normalized spacial score (nSPS) is 14.8. The number of hydrogen-bond acceptors (Lipinski definition) is 5. The number of nitrogen functional groups attached to an aromatic ring is 1. The zero-order valence-electron chi connectivity index (χ0n) is 8.92. The summed E-state index contributed by atoms with van der Waals surface area (Å²) in [4.78, 5) is 8.80. The average Bonchev–Trinajstić information content (AvgIpc) is 2.28. The third-order valence-corrected chi connectivity index (χ3v) is 2.64. The van der Waals surface area contributed by atoms with Gasteiger partial charge < -0.3 is 10.2 Å². The van der Waals surface area contributed by atoms with E-state index in [0.717, 1.165) is 24.4 Å². The molecule has 1 aromatic heterocycles. The number of aryl methyl sites for hydroxylation is 1. The number of aromatic nitrogens is 2. The number of nitrogens with one attached hydrogen (secondary N) is 1. The number of nitrogens with zero attached hydrogens (tertiary/aromatic N) is 2. The van der Waals surface area contributed by atoms with Crippen LogP contribution in [0.5, 0.6) is 0 Å². The van der Waals surface area contributed by atoms with Crippen LogP contribution in [0, 0.1) is 0 Å². The van der Waals surface area contributed by atoms with Gasteiger partial charge >= 0.3 is 0 Å². The standard InChI is InChI=1S/C10H16N4O/c1-15-6-9-12-8-5-3-2-4-7(8)10(13-9)14-11/h2-6,11H2,1H3,(H,12,13,14). The number of hydrogen-bond donors (Lipinski definition) is 2.